The van der Waals surface area contributed by atoms with Gasteiger partial charge in [-0.1, -0.05) is 18.2 Å². The molecule has 1 heterocycles. The van der Waals surface area contributed by atoms with Gasteiger partial charge in [0.25, 0.3) is 10.0 Å². The first-order valence-corrected chi connectivity index (χ1v) is 12.2. The molecule has 0 fully saturated rings. The Morgan fingerprint density at radius 2 is 1.91 bits per heavy atom. The molecule has 0 bridgehead atoms. The fourth-order valence-electron chi connectivity index (χ4n) is 4.02. The number of sulfonamides is 1. The zero-order valence-corrected chi connectivity index (χ0v) is 19.5. The summed E-state index contributed by atoms with van der Waals surface area (Å²) < 4.78 is 49.1. The average molecular weight is 471 g/mol. The van der Waals surface area contributed by atoms with Crippen molar-refractivity contribution >= 4 is 15.7 Å². The molecule has 6 nitrogen and oxygen atoms in total. The van der Waals surface area contributed by atoms with Gasteiger partial charge in [0.1, 0.15) is 11.6 Å². The molecule has 0 aliphatic carbocycles. The number of hydrogen-bond acceptors (Lipinski definition) is 5. The number of fused-ring (bicyclic) bond motifs is 1. The van der Waals surface area contributed by atoms with Crippen LogP contribution in [0, 0.1) is 12.7 Å². The van der Waals surface area contributed by atoms with Crippen molar-refractivity contribution in [2.24, 2.45) is 0 Å². The van der Waals surface area contributed by atoms with Crippen molar-refractivity contribution in [3.05, 3.63) is 88.2 Å². The Morgan fingerprint density at radius 1 is 1.09 bits per heavy atom. The van der Waals surface area contributed by atoms with Gasteiger partial charge in [0.2, 0.25) is 0 Å². The van der Waals surface area contributed by atoms with Crippen molar-refractivity contribution in [1.82, 2.24) is 5.32 Å². The molecule has 0 spiro atoms. The maximum absolute atomic E-state index is 15.1. The predicted molar refractivity (Wildman–Crippen MR) is 125 cm³/mol. The molecule has 0 saturated carbocycles. The zero-order valence-electron chi connectivity index (χ0n) is 18.6. The van der Waals surface area contributed by atoms with Crippen molar-refractivity contribution in [3.63, 3.8) is 0 Å². The smallest absolute Gasteiger partial charge is 0.264 e. The molecular formula is C25H27FN2O4S. The third kappa shape index (κ3) is 4.73. The summed E-state index contributed by atoms with van der Waals surface area (Å²) in [7, 11) is -2.52. The molecule has 0 amide bonds. The molecular weight excluding hydrogens is 443 g/mol. The number of ether oxygens (including phenoxy) is 1. The highest BCUT2D eigenvalue weighted by atomic mass is 32.2. The highest BCUT2D eigenvalue weighted by Crippen LogP contribution is 2.31. The first-order valence-electron chi connectivity index (χ1n) is 10.7. The number of benzene rings is 3. The lowest BCUT2D eigenvalue weighted by molar-refractivity contribution is 0.281. The van der Waals surface area contributed by atoms with Crippen molar-refractivity contribution in [3.8, 4) is 5.75 Å². The number of rotatable bonds is 7. The second-order valence-electron chi connectivity index (χ2n) is 8.11. The van der Waals surface area contributed by atoms with Gasteiger partial charge in [-0.15, -0.1) is 0 Å². The summed E-state index contributed by atoms with van der Waals surface area (Å²) in [5.74, 6) is -0.0501. The van der Waals surface area contributed by atoms with Crippen LogP contribution in [0.5, 0.6) is 5.75 Å². The summed E-state index contributed by atoms with van der Waals surface area (Å²) in [5, 5.41) is 12.6. The highest BCUT2D eigenvalue weighted by molar-refractivity contribution is 7.92. The summed E-state index contributed by atoms with van der Waals surface area (Å²) in [6, 6.07) is 14.5. The van der Waals surface area contributed by atoms with Gasteiger partial charge >= 0.3 is 0 Å². The van der Waals surface area contributed by atoms with Crippen LogP contribution in [0.2, 0.25) is 0 Å². The Labute approximate surface area is 193 Å². The number of nitrogens with one attached hydrogen (secondary N) is 1. The first-order chi connectivity index (χ1) is 15.8. The summed E-state index contributed by atoms with van der Waals surface area (Å²) in [5.41, 5.74) is 3.91. The fraction of sp³-hybridized carbons (Fsp3) is 0.280. The number of aliphatic hydroxyl groups excluding tert-OH is 1. The molecule has 2 N–H and O–H groups in total. The maximum atomic E-state index is 15.1. The van der Waals surface area contributed by atoms with E-state index in [1.54, 1.807) is 31.4 Å². The molecule has 0 atom stereocenters. The minimum absolute atomic E-state index is 0.0494. The van der Waals surface area contributed by atoms with E-state index in [-0.39, 0.29) is 23.7 Å². The normalized spacial score (nSPS) is 13.5. The van der Waals surface area contributed by atoms with Crippen LogP contribution in [-0.2, 0) is 36.1 Å². The third-order valence-electron chi connectivity index (χ3n) is 5.98. The van der Waals surface area contributed by atoms with Crippen LogP contribution in [0.4, 0.5) is 10.1 Å². The molecule has 0 unspecified atom stereocenters. The number of hydrogen-bond donors (Lipinski definition) is 2. The van der Waals surface area contributed by atoms with Gasteiger partial charge in [-0.25, -0.2) is 12.8 Å². The Kier molecular flexibility index (Phi) is 6.69. The Hall–Kier alpha value is -2.94. The molecule has 174 valence electrons. The molecule has 1 aliphatic rings. The second kappa shape index (κ2) is 9.51. The minimum Gasteiger partial charge on any atom is -0.497 e. The van der Waals surface area contributed by atoms with Gasteiger partial charge in [-0.2, -0.15) is 0 Å². The molecule has 8 heteroatoms. The minimum atomic E-state index is -4.08. The van der Waals surface area contributed by atoms with Crippen molar-refractivity contribution in [2.75, 3.05) is 18.0 Å². The van der Waals surface area contributed by atoms with Crippen molar-refractivity contribution < 1.29 is 22.7 Å². The predicted octanol–water partition coefficient (Wildman–Crippen LogP) is 3.68. The summed E-state index contributed by atoms with van der Waals surface area (Å²) in [4.78, 5) is 0.125. The number of aryl methyl sites for hydroxylation is 1. The van der Waals surface area contributed by atoms with E-state index in [4.69, 9.17) is 4.74 Å². The Balaban J connectivity index is 1.81. The van der Waals surface area contributed by atoms with Gasteiger partial charge in [0.15, 0.2) is 0 Å². The maximum Gasteiger partial charge on any atom is 0.264 e. The van der Waals surface area contributed by atoms with E-state index in [2.05, 4.69) is 5.32 Å². The van der Waals surface area contributed by atoms with Crippen LogP contribution in [0.25, 0.3) is 0 Å². The largest absolute Gasteiger partial charge is 0.497 e. The van der Waals surface area contributed by atoms with E-state index in [9.17, 15) is 13.5 Å². The molecule has 1 aliphatic heterocycles. The average Bonchev–Trinajstić information content (AvgIpc) is 2.83. The first kappa shape index (κ1) is 23.2. The second-order valence-corrected chi connectivity index (χ2v) is 9.97. The monoisotopic (exact) mass is 470 g/mol. The van der Waals surface area contributed by atoms with Crippen LogP contribution in [-0.4, -0.2) is 27.2 Å². The van der Waals surface area contributed by atoms with Gasteiger partial charge in [0, 0.05) is 6.54 Å². The van der Waals surface area contributed by atoms with Crippen LogP contribution >= 0.6 is 0 Å². The number of methoxy groups -OCH3 is 1. The van der Waals surface area contributed by atoms with Crippen LogP contribution in [0.3, 0.4) is 0 Å². The van der Waals surface area contributed by atoms with Crippen molar-refractivity contribution in [2.45, 2.75) is 37.9 Å². The van der Waals surface area contributed by atoms with Gasteiger partial charge in [-0.3, -0.25) is 4.31 Å². The summed E-state index contributed by atoms with van der Waals surface area (Å²) in [6.45, 7) is 2.95. The topological polar surface area (TPSA) is 78.9 Å². The Morgan fingerprint density at radius 3 is 2.61 bits per heavy atom. The van der Waals surface area contributed by atoms with E-state index in [1.807, 2.05) is 19.1 Å². The molecule has 0 radical (unpaired) electrons. The molecule has 4 rings (SSSR count). The summed E-state index contributed by atoms with van der Waals surface area (Å²) in [6.07, 6.45) is 0.732. The van der Waals surface area contributed by atoms with E-state index in [0.29, 0.717) is 17.9 Å². The SMILES string of the molecule is COc1ccc(CN(c2ccc(CO)cc2F)S(=O)(=O)c2ccc3c(c2)CCNC3)c(C)c1. The third-order valence-corrected chi connectivity index (χ3v) is 7.74. The molecule has 3 aromatic rings. The van der Waals surface area contributed by atoms with E-state index in [0.717, 1.165) is 45.6 Å². The van der Waals surface area contributed by atoms with Crippen LogP contribution < -0.4 is 14.4 Å². The lowest BCUT2D eigenvalue weighted by Crippen LogP contribution is -2.32. The van der Waals surface area contributed by atoms with Gasteiger partial charge in [-0.05, 0) is 84.1 Å². The van der Waals surface area contributed by atoms with E-state index >= 15 is 4.39 Å². The molecule has 0 saturated heterocycles. The van der Waals surface area contributed by atoms with E-state index in [1.165, 1.54) is 12.1 Å². The number of halogens is 1. The van der Waals surface area contributed by atoms with Gasteiger partial charge in [0.05, 0.1) is 30.8 Å². The molecule has 0 aromatic heterocycles. The van der Waals surface area contributed by atoms with Crippen LogP contribution in [0.1, 0.15) is 27.8 Å². The van der Waals surface area contributed by atoms with Gasteiger partial charge < -0.3 is 15.2 Å². The number of aliphatic hydroxyl groups is 1. The fourth-order valence-corrected chi connectivity index (χ4v) is 5.52. The quantitative estimate of drug-likeness (QED) is 0.551. The highest BCUT2D eigenvalue weighted by Gasteiger charge is 2.29. The van der Waals surface area contributed by atoms with Crippen molar-refractivity contribution in [1.29, 1.82) is 0 Å². The summed E-state index contributed by atoms with van der Waals surface area (Å²) >= 11 is 0. The lowest BCUT2D eigenvalue weighted by atomic mass is 10.0. The number of nitrogens with zero attached hydrogens (tertiary/aromatic N) is 1. The standard InChI is InChI=1S/C25H27FN2O4S/c1-17-11-22(32-2)6-4-21(17)15-28(25-8-3-18(16-29)12-24(25)26)33(30,31)23-7-5-20-14-27-10-9-19(20)13-23/h3-8,11-13,27,29H,9-10,14-16H2,1-2H3. The number of anilines is 1. The molecule has 3 aromatic carbocycles. The van der Waals surface area contributed by atoms with E-state index < -0.39 is 15.8 Å². The zero-order chi connectivity index (χ0) is 23.6. The van der Waals surface area contributed by atoms with Crippen LogP contribution in [0.15, 0.2) is 59.5 Å². The Bertz CT molecular complexity index is 1280. The lowest BCUT2D eigenvalue weighted by Gasteiger charge is -2.27. The molecule has 33 heavy (non-hydrogen) atoms.